The van der Waals surface area contributed by atoms with E-state index in [0.29, 0.717) is 0 Å². The third-order valence-corrected chi connectivity index (χ3v) is 4.16. The van der Waals surface area contributed by atoms with Crippen molar-refractivity contribution in [1.29, 1.82) is 0 Å². The van der Waals surface area contributed by atoms with Crippen LogP contribution >= 0.6 is 0 Å². The third kappa shape index (κ3) is 7.02. The molecule has 0 aliphatic carbocycles. The van der Waals surface area contributed by atoms with E-state index < -0.39 is 0 Å². The van der Waals surface area contributed by atoms with Gasteiger partial charge in [-0.1, -0.05) is 20.8 Å². The summed E-state index contributed by atoms with van der Waals surface area (Å²) >= 11 is 0. The predicted molar refractivity (Wildman–Crippen MR) is 88.4 cm³/mol. The van der Waals surface area contributed by atoms with E-state index in [-0.39, 0.29) is 0 Å². The fraction of sp³-hybridized carbons (Fsp3) is 1.00. The molecular weight excluding hydrogens is 248 g/mol. The normalized spacial score (nSPS) is 22.4. The van der Waals surface area contributed by atoms with E-state index in [1.165, 1.54) is 84.8 Å². The molecule has 0 aromatic carbocycles. The average molecular weight is 284 g/mol. The lowest BCUT2D eigenvalue weighted by Crippen LogP contribution is -2.48. The van der Waals surface area contributed by atoms with Crippen LogP contribution in [0, 0.1) is 0 Å². The Morgan fingerprint density at radius 1 is 0.700 bits per heavy atom. The second-order valence-electron chi connectivity index (χ2n) is 5.63. The van der Waals surface area contributed by atoms with Gasteiger partial charge in [-0.05, 0) is 32.5 Å². The Hall–Kier alpha value is -0.160. The molecule has 2 heterocycles. The number of rotatable bonds is 6. The van der Waals surface area contributed by atoms with E-state index in [4.69, 9.17) is 0 Å². The quantitative estimate of drug-likeness (QED) is 0.794. The van der Waals surface area contributed by atoms with E-state index >= 15 is 0 Å². The molecule has 2 fully saturated rings. The fourth-order valence-corrected chi connectivity index (χ4v) is 3.01. The maximum Gasteiger partial charge on any atom is 0.0110 e. The molecule has 2 rings (SSSR count). The number of hydrogen-bond donors (Lipinski definition) is 1. The van der Waals surface area contributed by atoms with Crippen molar-refractivity contribution < 1.29 is 0 Å². The first-order valence-electron chi connectivity index (χ1n) is 8.76. The Balaban J connectivity index is 0.000000956. The highest BCUT2D eigenvalue weighted by atomic mass is 15.3. The number of nitrogens with one attached hydrogen (secondary N) is 1. The largest absolute Gasteiger partial charge is 0.314 e. The molecule has 0 radical (unpaired) electrons. The summed E-state index contributed by atoms with van der Waals surface area (Å²) in [5, 5.41) is 3.41. The first-order chi connectivity index (χ1) is 9.88. The number of piperazine rings is 2. The van der Waals surface area contributed by atoms with Crippen molar-refractivity contribution in [1.82, 2.24) is 20.0 Å². The van der Waals surface area contributed by atoms with Crippen molar-refractivity contribution in [2.75, 3.05) is 72.0 Å². The predicted octanol–water partition coefficient (Wildman–Crippen LogP) is 1.34. The van der Waals surface area contributed by atoms with Crippen LogP contribution in [0.5, 0.6) is 0 Å². The van der Waals surface area contributed by atoms with Gasteiger partial charge in [0.05, 0.1) is 0 Å². The highest BCUT2D eigenvalue weighted by Gasteiger charge is 2.16. The molecule has 0 unspecified atom stereocenters. The summed E-state index contributed by atoms with van der Waals surface area (Å²) in [6.07, 6.45) is 2.64. The minimum absolute atomic E-state index is 1.18. The molecule has 4 nitrogen and oxygen atoms in total. The van der Waals surface area contributed by atoms with Gasteiger partial charge in [-0.25, -0.2) is 0 Å². The topological polar surface area (TPSA) is 21.8 Å². The summed E-state index contributed by atoms with van der Waals surface area (Å²) in [7, 11) is 0. The molecule has 2 saturated heterocycles. The molecule has 2 aliphatic rings. The molecule has 0 aromatic heterocycles. The van der Waals surface area contributed by atoms with E-state index in [1.807, 2.05) is 13.8 Å². The molecule has 1 N–H and O–H groups in total. The van der Waals surface area contributed by atoms with Crippen molar-refractivity contribution in [3.8, 4) is 0 Å². The maximum absolute atomic E-state index is 3.41. The Labute approximate surface area is 126 Å². The third-order valence-electron chi connectivity index (χ3n) is 4.16. The lowest BCUT2D eigenvalue weighted by molar-refractivity contribution is 0.125. The van der Waals surface area contributed by atoms with Crippen LogP contribution in [0.3, 0.4) is 0 Å². The molecule has 0 aromatic rings. The van der Waals surface area contributed by atoms with Crippen LogP contribution in [-0.2, 0) is 0 Å². The average Bonchev–Trinajstić information content (AvgIpc) is 2.52. The van der Waals surface area contributed by atoms with Gasteiger partial charge >= 0.3 is 0 Å². The van der Waals surface area contributed by atoms with E-state index in [9.17, 15) is 0 Å². The van der Waals surface area contributed by atoms with Crippen LogP contribution in [0.1, 0.15) is 33.6 Å². The zero-order chi connectivity index (χ0) is 14.6. The highest BCUT2D eigenvalue weighted by Crippen LogP contribution is 2.04. The Morgan fingerprint density at radius 2 is 1.15 bits per heavy atom. The maximum atomic E-state index is 3.41. The molecular formula is C16H36N4. The van der Waals surface area contributed by atoms with Crippen molar-refractivity contribution in [2.45, 2.75) is 33.6 Å². The summed E-state index contributed by atoms with van der Waals surface area (Å²) in [4.78, 5) is 7.85. The summed E-state index contributed by atoms with van der Waals surface area (Å²) < 4.78 is 0. The van der Waals surface area contributed by atoms with E-state index in [2.05, 4.69) is 26.9 Å². The highest BCUT2D eigenvalue weighted by molar-refractivity contribution is 4.73. The van der Waals surface area contributed by atoms with Gasteiger partial charge in [0, 0.05) is 52.4 Å². The first kappa shape index (κ1) is 17.9. The zero-order valence-corrected chi connectivity index (χ0v) is 14.0. The monoisotopic (exact) mass is 284 g/mol. The van der Waals surface area contributed by atoms with Crippen molar-refractivity contribution in [3.05, 3.63) is 0 Å². The van der Waals surface area contributed by atoms with Gasteiger partial charge in [-0.15, -0.1) is 0 Å². The summed E-state index contributed by atoms with van der Waals surface area (Å²) in [6.45, 7) is 20.1. The smallest absolute Gasteiger partial charge is 0.0110 e. The van der Waals surface area contributed by atoms with Crippen LogP contribution in [0.25, 0.3) is 0 Å². The second-order valence-corrected chi connectivity index (χ2v) is 5.63. The molecule has 2 aliphatic heterocycles. The summed E-state index contributed by atoms with van der Waals surface area (Å²) in [6, 6.07) is 0. The van der Waals surface area contributed by atoms with Crippen molar-refractivity contribution in [2.24, 2.45) is 0 Å². The molecule has 0 amide bonds. The van der Waals surface area contributed by atoms with Crippen LogP contribution in [-0.4, -0.2) is 86.7 Å². The molecule has 0 bridgehead atoms. The molecule has 20 heavy (non-hydrogen) atoms. The SMILES string of the molecule is CC.CCCN1CCN(CCCN2CCNCC2)CC1. The molecule has 120 valence electrons. The lowest BCUT2D eigenvalue weighted by atomic mass is 10.2. The van der Waals surface area contributed by atoms with Gasteiger partial charge in [-0.2, -0.15) is 0 Å². The fourth-order valence-electron chi connectivity index (χ4n) is 3.01. The van der Waals surface area contributed by atoms with E-state index in [1.54, 1.807) is 0 Å². The molecule has 4 heteroatoms. The van der Waals surface area contributed by atoms with Gasteiger partial charge < -0.3 is 20.0 Å². The van der Waals surface area contributed by atoms with Crippen LogP contribution in [0.2, 0.25) is 0 Å². The van der Waals surface area contributed by atoms with Gasteiger partial charge in [-0.3, -0.25) is 0 Å². The van der Waals surface area contributed by atoms with Gasteiger partial charge in [0.2, 0.25) is 0 Å². The van der Waals surface area contributed by atoms with E-state index in [0.717, 1.165) is 0 Å². The first-order valence-corrected chi connectivity index (χ1v) is 8.76. The number of nitrogens with zero attached hydrogens (tertiary/aromatic N) is 3. The van der Waals surface area contributed by atoms with Gasteiger partial charge in [0.1, 0.15) is 0 Å². The van der Waals surface area contributed by atoms with Crippen molar-refractivity contribution >= 4 is 0 Å². The molecule has 0 saturated carbocycles. The van der Waals surface area contributed by atoms with Crippen LogP contribution < -0.4 is 5.32 Å². The standard InChI is InChI=1S/C14H30N4.C2H6/c1-2-6-16-11-13-18(14-12-16)8-3-7-17-9-4-15-5-10-17;1-2/h15H,2-14H2,1H3;1-2H3. The Morgan fingerprint density at radius 3 is 1.65 bits per heavy atom. The van der Waals surface area contributed by atoms with Crippen molar-refractivity contribution in [3.63, 3.8) is 0 Å². The molecule has 0 atom stereocenters. The Bertz CT molecular complexity index is 209. The summed E-state index contributed by atoms with van der Waals surface area (Å²) in [5.41, 5.74) is 0. The second kappa shape index (κ2) is 11.5. The minimum atomic E-state index is 1.18. The van der Waals surface area contributed by atoms with Gasteiger partial charge in [0.15, 0.2) is 0 Å². The summed E-state index contributed by atoms with van der Waals surface area (Å²) in [5.74, 6) is 0. The minimum Gasteiger partial charge on any atom is -0.314 e. The number of hydrogen-bond acceptors (Lipinski definition) is 4. The van der Waals surface area contributed by atoms with Crippen LogP contribution in [0.15, 0.2) is 0 Å². The van der Waals surface area contributed by atoms with Crippen LogP contribution in [0.4, 0.5) is 0 Å². The lowest BCUT2D eigenvalue weighted by Gasteiger charge is -2.35. The molecule has 0 spiro atoms. The van der Waals surface area contributed by atoms with Gasteiger partial charge in [0.25, 0.3) is 0 Å². The zero-order valence-electron chi connectivity index (χ0n) is 14.0. The Kier molecular flexibility index (Phi) is 10.3.